The molecule has 6 nitrogen and oxygen atoms in total. The predicted octanol–water partition coefficient (Wildman–Crippen LogP) is 3.76. The van der Waals surface area contributed by atoms with Crippen molar-refractivity contribution in [3.05, 3.63) is 77.7 Å². The highest BCUT2D eigenvalue weighted by atomic mass is 19.1. The van der Waals surface area contributed by atoms with Crippen molar-refractivity contribution in [3.63, 3.8) is 0 Å². The summed E-state index contributed by atoms with van der Waals surface area (Å²) in [5.41, 5.74) is 1.74. The molecule has 0 aliphatic heterocycles. The van der Waals surface area contributed by atoms with Crippen LogP contribution >= 0.6 is 0 Å². The fourth-order valence-electron chi connectivity index (χ4n) is 2.28. The molecule has 0 aliphatic rings. The minimum absolute atomic E-state index is 0.266. The molecule has 0 bridgehead atoms. The van der Waals surface area contributed by atoms with E-state index in [4.69, 9.17) is 0 Å². The standard InChI is InChI=1S/C19H17FN4O2/c1-26-18(25)13-6-8-15(9-7-13)23-19-21-11-10-17(24-19)22-12-14-4-2-3-5-16(14)20/h2-11H,12H2,1H3,(H2,21,22,23,24). The topological polar surface area (TPSA) is 76.1 Å². The number of esters is 1. The summed E-state index contributed by atoms with van der Waals surface area (Å²) in [6, 6.07) is 15.0. The van der Waals surface area contributed by atoms with Gasteiger partial charge in [-0.15, -0.1) is 0 Å². The molecule has 132 valence electrons. The number of halogens is 1. The van der Waals surface area contributed by atoms with E-state index < -0.39 is 5.97 Å². The first kappa shape index (κ1) is 17.3. The highest BCUT2D eigenvalue weighted by Gasteiger charge is 2.06. The number of carbonyl (C=O) groups excluding carboxylic acids is 1. The van der Waals surface area contributed by atoms with Gasteiger partial charge in [-0.05, 0) is 36.4 Å². The number of carbonyl (C=O) groups is 1. The molecule has 3 aromatic rings. The number of benzene rings is 2. The SMILES string of the molecule is COC(=O)c1ccc(Nc2nccc(NCc3ccccc3F)n2)cc1. The van der Waals surface area contributed by atoms with Gasteiger partial charge in [-0.2, -0.15) is 4.98 Å². The van der Waals surface area contributed by atoms with Crippen molar-refractivity contribution in [1.82, 2.24) is 9.97 Å². The lowest BCUT2D eigenvalue weighted by atomic mass is 10.2. The fourth-order valence-corrected chi connectivity index (χ4v) is 2.28. The number of nitrogens with one attached hydrogen (secondary N) is 2. The molecule has 26 heavy (non-hydrogen) atoms. The minimum atomic E-state index is -0.396. The molecule has 2 N–H and O–H groups in total. The molecule has 0 aliphatic carbocycles. The van der Waals surface area contributed by atoms with Crippen molar-refractivity contribution in [2.75, 3.05) is 17.7 Å². The summed E-state index contributed by atoms with van der Waals surface area (Å²) in [4.78, 5) is 19.9. The van der Waals surface area contributed by atoms with Crippen LogP contribution in [-0.4, -0.2) is 23.0 Å². The second-order valence-corrected chi connectivity index (χ2v) is 5.40. The number of rotatable bonds is 6. The molecule has 0 atom stereocenters. The van der Waals surface area contributed by atoms with Crippen molar-refractivity contribution >= 4 is 23.4 Å². The number of hydrogen-bond donors (Lipinski definition) is 2. The lowest BCUT2D eigenvalue weighted by Crippen LogP contribution is -2.05. The van der Waals surface area contributed by atoms with Gasteiger partial charge in [0.25, 0.3) is 0 Å². The van der Waals surface area contributed by atoms with Crippen LogP contribution in [0.2, 0.25) is 0 Å². The second kappa shape index (κ2) is 8.06. The summed E-state index contributed by atoms with van der Waals surface area (Å²) in [6.07, 6.45) is 1.60. The summed E-state index contributed by atoms with van der Waals surface area (Å²) in [5.74, 6) is 0.288. The van der Waals surface area contributed by atoms with Crippen LogP contribution in [0.1, 0.15) is 15.9 Å². The zero-order valence-electron chi connectivity index (χ0n) is 14.1. The Balaban J connectivity index is 1.65. The van der Waals surface area contributed by atoms with E-state index in [0.717, 1.165) is 5.69 Å². The fraction of sp³-hybridized carbons (Fsp3) is 0.105. The van der Waals surface area contributed by atoms with Crippen LogP contribution in [0.25, 0.3) is 0 Å². The first-order valence-electron chi connectivity index (χ1n) is 7.91. The van der Waals surface area contributed by atoms with Gasteiger partial charge in [-0.1, -0.05) is 18.2 Å². The Morgan fingerprint density at radius 3 is 2.62 bits per heavy atom. The van der Waals surface area contributed by atoms with Crippen LogP contribution in [0.3, 0.4) is 0 Å². The Labute approximate surface area is 150 Å². The molecule has 1 aromatic heterocycles. The van der Waals surface area contributed by atoms with Crippen LogP contribution in [0.5, 0.6) is 0 Å². The monoisotopic (exact) mass is 352 g/mol. The van der Waals surface area contributed by atoms with Gasteiger partial charge in [0.1, 0.15) is 11.6 Å². The molecule has 0 unspecified atom stereocenters. The Hall–Kier alpha value is -3.48. The second-order valence-electron chi connectivity index (χ2n) is 5.40. The van der Waals surface area contributed by atoms with Gasteiger partial charge in [0, 0.05) is 24.0 Å². The van der Waals surface area contributed by atoms with Gasteiger partial charge in [-0.25, -0.2) is 14.2 Å². The van der Waals surface area contributed by atoms with E-state index in [1.807, 2.05) is 0 Å². The van der Waals surface area contributed by atoms with Gasteiger partial charge in [-0.3, -0.25) is 0 Å². The predicted molar refractivity (Wildman–Crippen MR) is 96.8 cm³/mol. The zero-order chi connectivity index (χ0) is 18.4. The summed E-state index contributed by atoms with van der Waals surface area (Å²) >= 11 is 0. The minimum Gasteiger partial charge on any atom is -0.465 e. The molecular weight excluding hydrogens is 335 g/mol. The number of nitrogens with zero attached hydrogens (tertiary/aromatic N) is 2. The molecule has 0 saturated heterocycles. The van der Waals surface area contributed by atoms with E-state index in [2.05, 4.69) is 25.3 Å². The van der Waals surface area contributed by atoms with Crippen molar-refractivity contribution in [1.29, 1.82) is 0 Å². The van der Waals surface area contributed by atoms with Gasteiger partial charge in [0.15, 0.2) is 0 Å². The highest BCUT2D eigenvalue weighted by molar-refractivity contribution is 5.89. The Kier molecular flexibility index (Phi) is 5.38. The number of aromatic nitrogens is 2. The maximum Gasteiger partial charge on any atom is 0.337 e. The first-order chi connectivity index (χ1) is 12.7. The average molecular weight is 352 g/mol. The number of ether oxygens (including phenoxy) is 1. The third-order valence-electron chi connectivity index (χ3n) is 3.64. The van der Waals surface area contributed by atoms with Crippen LogP contribution < -0.4 is 10.6 Å². The number of anilines is 3. The van der Waals surface area contributed by atoms with Crippen LogP contribution in [0.4, 0.5) is 21.8 Å². The summed E-state index contributed by atoms with van der Waals surface area (Å²) in [7, 11) is 1.34. The van der Waals surface area contributed by atoms with Gasteiger partial charge in [0.2, 0.25) is 5.95 Å². The number of methoxy groups -OCH3 is 1. The van der Waals surface area contributed by atoms with Gasteiger partial charge < -0.3 is 15.4 Å². The molecule has 0 fully saturated rings. The quantitative estimate of drug-likeness (QED) is 0.658. The molecule has 2 aromatic carbocycles. The molecule has 1 heterocycles. The van der Waals surface area contributed by atoms with E-state index in [1.54, 1.807) is 54.7 Å². The van der Waals surface area contributed by atoms with Gasteiger partial charge in [0.05, 0.1) is 12.7 Å². The maximum absolute atomic E-state index is 13.7. The highest BCUT2D eigenvalue weighted by Crippen LogP contribution is 2.16. The van der Waals surface area contributed by atoms with Crippen molar-refractivity contribution < 1.29 is 13.9 Å². The third-order valence-corrected chi connectivity index (χ3v) is 3.64. The van der Waals surface area contributed by atoms with E-state index in [-0.39, 0.29) is 5.82 Å². The van der Waals surface area contributed by atoms with Crippen LogP contribution in [-0.2, 0) is 11.3 Å². The van der Waals surface area contributed by atoms with E-state index in [9.17, 15) is 9.18 Å². The van der Waals surface area contributed by atoms with Crippen LogP contribution in [0, 0.1) is 5.82 Å². The summed E-state index contributed by atoms with van der Waals surface area (Å²) in [6.45, 7) is 0.316. The first-order valence-corrected chi connectivity index (χ1v) is 7.91. The molecular formula is C19H17FN4O2. The smallest absolute Gasteiger partial charge is 0.337 e. The van der Waals surface area contributed by atoms with Crippen molar-refractivity contribution in [3.8, 4) is 0 Å². The Morgan fingerprint density at radius 2 is 1.88 bits per heavy atom. The molecule has 7 heteroatoms. The Bertz CT molecular complexity index is 900. The van der Waals surface area contributed by atoms with E-state index >= 15 is 0 Å². The third kappa shape index (κ3) is 4.32. The van der Waals surface area contributed by atoms with Crippen molar-refractivity contribution in [2.24, 2.45) is 0 Å². The lowest BCUT2D eigenvalue weighted by Gasteiger charge is -2.09. The molecule has 0 amide bonds. The molecule has 0 saturated carbocycles. The summed E-state index contributed by atoms with van der Waals surface area (Å²) in [5, 5.41) is 6.12. The Morgan fingerprint density at radius 1 is 1.12 bits per heavy atom. The van der Waals surface area contributed by atoms with Gasteiger partial charge >= 0.3 is 5.97 Å². The largest absolute Gasteiger partial charge is 0.465 e. The molecule has 3 rings (SSSR count). The molecule has 0 spiro atoms. The molecule has 0 radical (unpaired) electrons. The zero-order valence-corrected chi connectivity index (χ0v) is 14.1. The van der Waals surface area contributed by atoms with E-state index in [1.165, 1.54) is 13.2 Å². The summed E-state index contributed by atoms with van der Waals surface area (Å²) < 4.78 is 18.3. The van der Waals surface area contributed by atoms with Crippen molar-refractivity contribution in [2.45, 2.75) is 6.54 Å². The average Bonchev–Trinajstić information content (AvgIpc) is 2.68. The van der Waals surface area contributed by atoms with Crippen LogP contribution in [0.15, 0.2) is 60.8 Å². The lowest BCUT2D eigenvalue weighted by molar-refractivity contribution is 0.0601. The maximum atomic E-state index is 13.7. The normalized spacial score (nSPS) is 10.2. The van der Waals surface area contributed by atoms with E-state index in [0.29, 0.717) is 29.4 Å². The number of hydrogen-bond acceptors (Lipinski definition) is 6.